The Morgan fingerprint density at radius 1 is 1.20 bits per heavy atom. The molecule has 2 aromatic rings. The van der Waals surface area contributed by atoms with Crippen molar-refractivity contribution in [1.82, 2.24) is 9.78 Å². The lowest BCUT2D eigenvalue weighted by Crippen LogP contribution is -2.61. The predicted molar refractivity (Wildman–Crippen MR) is 115 cm³/mol. The van der Waals surface area contributed by atoms with Gasteiger partial charge in [-0.15, -0.1) is 0 Å². The van der Waals surface area contributed by atoms with Crippen LogP contribution in [0.5, 0.6) is 0 Å². The van der Waals surface area contributed by atoms with E-state index in [2.05, 4.69) is 22.5 Å². The molecule has 0 saturated heterocycles. The molecule has 0 unspecified atom stereocenters. The first-order valence-electron chi connectivity index (χ1n) is 10.7. The van der Waals surface area contributed by atoms with Gasteiger partial charge >= 0.3 is 5.97 Å². The molecule has 0 aliphatic heterocycles. The summed E-state index contributed by atoms with van der Waals surface area (Å²) in [6.45, 7) is 0.645. The quantitative estimate of drug-likeness (QED) is 0.729. The van der Waals surface area contributed by atoms with Crippen molar-refractivity contribution in [1.29, 1.82) is 0 Å². The molecule has 0 radical (unpaired) electrons. The van der Waals surface area contributed by atoms with Crippen molar-refractivity contribution in [3.8, 4) is 0 Å². The standard InChI is InChI=1S/C23H26ClN3O3/c24-19-18(25-7-6-15-4-2-1-3-5-15)13-26-27(20(19)28)23-11-16-8-17(12-23)10-22(9-16,14-23)21(29)30/h1-5,13,16-17,25H,6-12,14H2,(H,29,30)/t16-,17-,22?,23?/m0/s1. The van der Waals surface area contributed by atoms with E-state index in [1.54, 1.807) is 6.20 Å². The average Bonchev–Trinajstić information content (AvgIpc) is 2.71. The second-order valence-electron chi connectivity index (χ2n) is 9.52. The zero-order valence-electron chi connectivity index (χ0n) is 16.8. The number of nitrogens with zero attached hydrogens (tertiary/aromatic N) is 2. The summed E-state index contributed by atoms with van der Waals surface area (Å²) in [6.07, 6.45) is 7.08. The van der Waals surface area contributed by atoms with Gasteiger partial charge in [0.2, 0.25) is 0 Å². The van der Waals surface area contributed by atoms with Gasteiger partial charge in [0.15, 0.2) is 0 Å². The highest BCUT2D eigenvalue weighted by Crippen LogP contribution is 2.63. The van der Waals surface area contributed by atoms with Crippen LogP contribution in [0.1, 0.15) is 44.1 Å². The van der Waals surface area contributed by atoms with E-state index in [-0.39, 0.29) is 10.6 Å². The summed E-state index contributed by atoms with van der Waals surface area (Å²) in [5, 5.41) is 17.8. The molecular weight excluding hydrogens is 402 g/mol. The van der Waals surface area contributed by atoms with E-state index in [4.69, 9.17) is 11.6 Å². The molecule has 4 aliphatic carbocycles. The lowest BCUT2D eigenvalue weighted by atomic mass is 9.47. The highest BCUT2D eigenvalue weighted by atomic mass is 35.5. The fourth-order valence-corrected chi connectivity index (χ4v) is 6.79. The number of carboxylic acids is 1. The highest BCUT2D eigenvalue weighted by molar-refractivity contribution is 6.32. The van der Waals surface area contributed by atoms with E-state index in [0.29, 0.717) is 30.5 Å². The Kier molecular flexibility index (Phi) is 4.65. The Hall–Kier alpha value is -2.34. The second-order valence-corrected chi connectivity index (χ2v) is 9.90. The lowest BCUT2D eigenvalue weighted by molar-refractivity contribution is -0.173. The summed E-state index contributed by atoms with van der Waals surface area (Å²) in [5.74, 6) is -0.0312. The lowest BCUT2D eigenvalue weighted by Gasteiger charge is -2.60. The van der Waals surface area contributed by atoms with Crippen molar-refractivity contribution in [2.75, 3.05) is 11.9 Å². The van der Waals surface area contributed by atoms with Crippen molar-refractivity contribution in [3.63, 3.8) is 0 Å². The molecule has 4 aliphatic rings. The van der Waals surface area contributed by atoms with Crippen LogP contribution >= 0.6 is 11.6 Å². The number of nitrogens with one attached hydrogen (secondary N) is 1. The van der Waals surface area contributed by atoms with Gasteiger partial charge in [0.05, 0.1) is 22.8 Å². The SMILES string of the molecule is O=C(O)C12C[C@@H]3C[C@@H](C1)CC(n1ncc(NCCc4ccccc4)c(Cl)c1=O)(C3)C2. The average molecular weight is 428 g/mol. The van der Waals surface area contributed by atoms with Crippen molar-refractivity contribution < 1.29 is 9.90 Å². The highest BCUT2D eigenvalue weighted by Gasteiger charge is 2.62. The van der Waals surface area contributed by atoms with Crippen LogP contribution in [0.15, 0.2) is 41.3 Å². The van der Waals surface area contributed by atoms with Crippen LogP contribution in [-0.4, -0.2) is 27.4 Å². The van der Waals surface area contributed by atoms with Gasteiger partial charge in [0.1, 0.15) is 5.02 Å². The normalized spacial score (nSPS) is 31.6. The maximum Gasteiger partial charge on any atom is 0.309 e. The molecular formula is C23H26ClN3O3. The largest absolute Gasteiger partial charge is 0.481 e. The van der Waals surface area contributed by atoms with Gasteiger partial charge in [-0.25, -0.2) is 4.68 Å². The van der Waals surface area contributed by atoms with Crippen LogP contribution in [0.2, 0.25) is 5.02 Å². The zero-order valence-corrected chi connectivity index (χ0v) is 17.6. The van der Waals surface area contributed by atoms with E-state index in [1.165, 1.54) is 10.2 Å². The molecule has 158 valence electrons. The Labute approximate surface area is 180 Å². The molecule has 30 heavy (non-hydrogen) atoms. The molecule has 1 aromatic heterocycles. The molecule has 1 heterocycles. The summed E-state index contributed by atoms with van der Waals surface area (Å²) >= 11 is 6.47. The van der Waals surface area contributed by atoms with Gasteiger partial charge in [-0.1, -0.05) is 41.9 Å². The first kappa shape index (κ1) is 19.6. The van der Waals surface area contributed by atoms with E-state index in [9.17, 15) is 14.7 Å². The van der Waals surface area contributed by atoms with Gasteiger partial charge in [0.25, 0.3) is 5.56 Å². The maximum absolute atomic E-state index is 13.2. The van der Waals surface area contributed by atoms with Crippen molar-refractivity contribution in [3.05, 3.63) is 57.5 Å². The number of aromatic nitrogens is 2. The third-order valence-electron chi connectivity index (χ3n) is 7.42. The Morgan fingerprint density at radius 2 is 1.90 bits per heavy atom. The molecule has 4 saturated carbocycles. The van der Waals surface area contributed by atoms with Gasteiger partial charge in [-0.3, -0.25) is 9.59 Å². The van der Waals surface area contributed by atoms with Crippen LogP contribution in [0.25, 0.3) is 0 Å². The smallest absolute Gasteiger partial charge is 0.309 e. The number of anilines is 1. The van der Waals surface area contributed by atoms with E-state index in [0.717, 1.165) is 38.5 Å². The third kappa shape index (κ3) is 3.13. The second kappa shape index (κ2) is 7.12. The number of carbonyl (C=O) groups is 1. The first-order chi connectivity index (χ1) is 14.4. The molecule has 4 fully saturated rings. The Balaban J connectivity index is 1.40. The summed E-state index contributed by atoms with van der Waals surface area (Å²) in [5.41, 5.74) is 0.182. The van der Waals surface area contributed by atoms with Crippen LogP contribution in [0, 0.1) is 17.3 Å². The molecule has 6 nitrogen and oxygen atoms in total. The van der Waals surface area contributed by atoms with E-state index >= 15 is 0 Å². The van der Waals surface area contributed by atoms with Gasteiger partial charge < -0.3 is 10.4 Å². The molecule has 4 bridgehead atoms. The topological polar surface area (TPSA) is 84.2 Å². The van der Waals surface area contributed by atoms with Crippen LogP contribution in [0.3, 0.4) is 0 Å². The molecule has 0 spiro atoms. The van der Waals surface area contributed by atoms with E-state index < -0.39 is 16.9 Å². The summed E-state index contributed by atoms with van der Waals surface area (Å²) in [4.78, 5) is 25.3. The molecule has 7 heteroatoms. The van der Waals surface area contributed by atoms with Crippen LogP contribution < -0.4 is 10.9 Å². The predicted octanol–water partition coefficient (Wildman–Crippen LogP) is 3.93. The van der Waals surface area contributed by atoms with Crippen LogP contribution in [0.4, 0.5) is 5.69 Å². The number of aliphatic carboxylic acids is 1. The van der Waals surface area contributed by atoms with Gasteiger partial charge in [0, 0.05) is 6.54 Å². The zero-order chi connectivity index (χ0) is 20.9. The third-order valence-corrected chi connectivity index (χ3v) is 7.79. The minimum absolute atomic E-state index is 0.137. The Bertz CT molecular complexity index is 1020. The molecule has 2 N–H and O–H groups in total. The van der Waals surface area contributed by atoms with Crippen molar-refractivity contribution in [2.45, 2.75) is 50.5 Å². The van der Waals surface area contributed by atoms with Crippen molar-refractivity contribution >= 4 is 23.3 Å². The number of hydrogen-bond donors (Lipinski definition) is 2. The summed E-state index contributed by atoms with van der Waals surface area (Å²) in [6, 6.07) is 10.1. The Morgan fingerprint density at radius 3 is 2.57 bits per heavy atom. The molecule has 2 atom stereocenters. The van der Waals surface area contributed by atoms with E-state index in [1.807, 2.05) is 18.2 Å². The molecule has 6 rings (SSSR count). The number of rotatable bonds is 6. The van der Waals surface area contributed by atoms with Gasteiger partial charge in [-0.05, 0) is 62.3 Å². The van der Waals surface area contributed by atoms with Crippen molar-refractivity contribution in [2.24, 2.45) is 17.3 Å². The fourth-order valence-electron chi connectivity index (χ4n) is 6.59. The van der Waals surface area contributed by atoms with Gasteiger partial charge in [-0.2, -0.15) is 5.10 Å². The monoisotopic (exact) mass is 427 g/mol. The molecule has 1 aromatic carbocycles. The molecule has 0 amide bonds. The van der Waals surface area contributed by atoms with Crippen LogP contribution in [-0.2, 0) is 16.8 Å². The number of benzene rings is 1. The summed E-state index contributed by atoms with van der Waals surface area (Å²) in [7, 11) is 0. The fraction of sp³-hybridized carbons (Fsp3) is 0.522. The maximum atomic E-state index is 13.2. The minimum atomic E-state index is -0.723. The summed E-state index contributed by atoms with van der Waals surface area (Å²) < 4.78 is 1.52. The number of hydrogen-bond acceptors (Lipinski definition) is 4. The number of halogens is 1. The first-order valence-corrected chi connectivity index (χ1v) is 11.1. The number of carboxylic acid groups (broad SMARTS) is 1. The minimum Gasteiger partial charge on any atom is -0.481 e.